The van der Waals surface area contributed by atoms with E-state index in [4.69, 9.17) is 9.47 Å². The van der Waals surface area contributed by atoms with E-state index in [1.807, 2.05) is 0 Å². The molecule has 28 heavy (non-hydrogen) atoms. The van der Waals surface area contributed by atoms with Crippen molar-refractivity contribution in [3.63, 3.8) is 0 Å². The molecule has 4 nitrogen and oxygen atoms in total. The van der Waals surface area contributed by atoms with Crippen molar-refractivity contribution in [2.24, 2.45) is 0 Å². The first kappa shape index (κ1) is 19.0. The van der Waals surface area contributed by atoms with Crippen molar-refractivity contribution in [3.05, 3.63) is 101 Å². The molecule has 0 unspecified atom stereocenters. The maximum absolute atomic E-state index is 13.0. The molecule has 3 aromatic carbocycles. The third-order valence-corrected chi connectivity index (χ3v) is 3.99. The molecule has 0 amide bonds. The Morgan fingerprint density at radius 3 is 2.18 bits per heavy atom. The van der Waals surface area contributed by atoms with Gasteiger partial charge in [0.25, 0.3) is 0 Å². The summed E-state index contributed by atoms with van der Waals surface area (Å²) < 4.78 is 23.5. The van der Waals surface area contributed by atoms with E-state index in [0.29, 0.717) is 22.6 Å². The quantitative estimate of drug-likeness (QED) is 0.264. The lowest BCUT2D eigenvalue weighted by Gasteiger charge is -2.07. The van der Waals surface area contributed by atoms with Crippen molar-refractivity contribution in [1.29, 1.82) is 0 Å². The van der Waals surface area contributed by atoms with E-state index < -0.39 is 11.8 Å². The Bertz CT molecular complexity index is 1010. The monoisotopic (exact) mass is 376 g/mol. The number of hydrogen-bond donors (Lipinski definition) is 0. The molecule has 0 bridgehead atoms. The van der Waals surface area contributed by atoms with Crippen LogP contribution in [-0.4, -0.2) is 18.9 Å². The van der Waals surface area contributed by atoms with Gasteiger partial charge in [-0.15, -0.1) is 0 Å². The number of rotatable bonds is 6. The number of esters is 1. The first-order valence-electron chi connectivity index (χ1n) is 8.50. The summed E-state index contributed by atoms with van der Waals surface area (Å²) in [6.07, 6.45) is 2.99. The van der Waals surface area contributed by atoms with Crippen LogP contribution in [0.15, 0.2) is 78.9 Å². The Hall–Kier alpha value is -3.73. The van der Waals surface area contributed by atoms with Crippen LogP contribution in [0.1, 0.15) is 26.3 Å². The zero-order valence-electron chi connectivity index (χ0n) is 15.1. The van der Waals surface area contributed by atoms with Crippen LogP contribution >= 0.6 is 0 Å². The number of ether oxygens (including phenoxy) is 2. The van der Waals surface area contributed by atoms with Gasteiger partial charge in [-0.25, -0.2) is 9.18 Å². The summed E-state index contributed by atoms with van der Waals surface area (Å²) in [4.78, 5) is 24.6. The molecule has 140 valence electrons. The molecule has 0 fully saturated rings. The molecule has 0 atom stereocenters. The number of carbonyl (C=O) groups is 2. The number of carbonyl (C=O) groups excluding carboxylic acids is 2. The molecule has 0 spiro atoms. The van der Waals surface area contributed by atoms with E-state index >= 15 is 0 Å². The molecule has 0 aliphatic heterocycles. The van der Waals surface area contributed by atoms with Crippen molar-refractivity contribution in [2.45, 2.75) is 0 Å². The number of allylic oxidation sites excluding steroid dienone is 1. The third-order valence-electron chi connectivity index (χ3n) is 3.99. The predicted octanol–water partition coefficient (Wildman–Crippen LogP) is 4.95. The summed E-state index contributed by atoms with van der Waals surface area (Å²) in [5.41, 5.74) is 1.31. The molecule has 0 radical (unpaired) electrons. The highest BCUT2D eigenvalue weighted by Gasteiger charge is 2.11. The van der Waals surface area contributed by atoms with Crippen LogP contribution in [-0.2, 0) is 0 Å². The van der Waals surface area contributed by atoms with Crippen molar-refractivity contribution >= 4 is 17.8 Å². The number of para-hydroxylation sites is 1. The van der Waals surface area contributed by atoms with Gasteiger partial charge in [0.1, 0.15) is 17.3 Å². The second-order valence-electron chi connectivity index (χ2n) is 5.86. The lowest BCUT2D eigenvalue weighted by molar-refractivity contribution is 0.0734. The Balaban J connectivity index is 1.75. The molecule has 0 saturated heterocycles. The average molecular weight is 376 g/mol. The van der Waals surface area contributed by atoms with Gasteiger partial charge in [0.15, 0.2) is 5.78 Å². The van der Waals surface area contributed by atoms with Gasteiger partial charge in [0.05, 0.1) is 12.7 Å². The fraction of sp³-hybridized carbons (Fsp3) is 0.0435. The van der Waals surface area contributed by atoms with E-state index in [1.165, 1.54) is 30.3 Å². The van der Waals surface area contributed by atoms with Crippen LogP contribution in [0.3, 0.4) is 0 Å². The first-order chi connectivity index (χ1) is 13.6. The molecule has 3 rings (SSSR count). The predicted molar refractivity (Wildman–Crippen MR) is 104 cm³/mol. The largest absolute Gasteiger partial charge is 0.497 e. The Morgan fingerprint density at radius 2 is 1.50 bits per heavy atom. The van der Waals surface area contributed by atoms with Crippen LogP contribution in [0.5, 0.6) is 11.5 Å². The Kier molecular flexibility index (Phi) is 5.97. The first-order valence-corrected chi connectivity index (χ1v) is 8.50. The standard InChI is InChI=1S/C23H17FO4/c1-27-20-13-8-16(9-14-20)21(25)15-10-17-4-2-3-5-22(17)28-23(26)18-6-11-19(24)12-7-18/h2-15H,1H3. The fourth-order valence-electron chi connectivity index (χ4n) is 2.47. The van der Waals surface area contributed by atoms with Gasteiger partial charge < -0.3 is 9.47 Å². The molecular formula is C23H17FO4. The number of halogens is 1. The summed E-state index contributed by atoms with van der Waals surface area (Å²) in [5, 5.41) is 0. The van der Waals surface area contributed by atoms with E-state index in [2.05, 4.69) is 0 Å². The maximum atomic E-state index is 13.0. The number of hydrogen-bond acceptors (Lipinski definition) is 4. The highest BCUT2D eigenvalue weighted by molar-refractivity contribution is 6.07. The zero-order valence-corrected chi connectivity index (χ0v) is 15.1. The summed E-state index contributed by atoms with van der Waals surface area (Å²) >= 11 is 0. The Labute approximate surface area is 161 Å². The normalized spacial score (nSPS) is 10.6. The van der Waals surface area contributed by atoms with Crippen LogP contribution in [0, 0.1) is 5.82 Å². The number of ketones is 1. The van der Waals surface area contributed by atoms with E-state index in [-0.39, 0.29) is 11.3 Å². The summed E-state index contributed by atoms with van der Waals surface area (Å²) in [7, 11) is 1.56. The minimum absolute atomic E-state index is 0.192. The topological polar surface area (TPSA) is 52.6 Å². The van der Waals surface area contributed by atoms with Crippen LogP contribution in [0.2, 0.25) is 0 Å². The molecule has 5 heteroatoms. The molecule has 0 aromatic heterocycles. The summed E-state index contributed by atoms with van der Waals surface area (Å²) in [6.45, 7) is 0. The lowest BCUT2D eigenvalue weighted by atomic mass is 10.1. The highest BCUT2D eigenvalue weighted by Crippen LogP contribution is 2.21. The Morgan fingerprint density at radius 1 is 0.857 bits per heavy atom. The van der Waals surface area contributed by atoms with Gasteiger partial charge in [-0.05, 0) is 66.7 Å². The lowest BCUT2D eigenvalue weighted by Crippen LogP contribution is -2.09. The number of methoxy groups -OCH3 is 1. The molecule has 0 saturated carbocycles. The minimum atomic E-state index is -0.609. The second kappa shape index (κ2) is 8.77. The molecule has 3 aromatic rings. The van der Waals surface area contributed by atoms with Gasteiger partial charge in [0.2, 0.25) is 0 Å². The van der Waals surface area contributed by atoms with E-state index in [9.17, 15) is 14.0 Å². The summed E-state index contributed by atoms with van der Waals surface area (Å²) in [5.74, 6) is -0.268. The SMILES string of the molecule is COc1ccc(C(=O)C=Cc2ccccc2OC(=O)c2ccc(F)cc2)cc1. The van der Waals surface area contributed by atoms with Gasteiger partial charge >= 0.3 is 5.97 Å². The van der Waals surface area contributed by atoms with Crippen LogP contribution in [0.25, 0.3) is 6.08 Å². The molecule has 0 aliphatic rings. The van der Waals surface area contributed by atoms with Crippen molar-refractivity contribution in [1.82, 2.24) is 0 Å². The smallest absolute Gasteiger partial charge is 0.343 e. The fourth-order valence-corrected chi connectivity index (χ4v) is 2.47. The number of benzene rings is 3. The summed E-state index contributed by atoms with van der Waals surface area (Å²) in [6, 6.07) is 18.7. The third kappa shape index (κ3) is 4.71. The van der Waals surface area contributed by atoms with Crippen molar-refractivity contribution in [2.75, 3.05) is 7.11 Å². The maximum Gasteiger partial charge on any atom is 0.343 e. The molecular weight excluding hydrogens is 359 g/mol. The second-order valence-corrected chi connectivity index (χ2v) is 5.86. The average Bonchev–Trinajstić information content (AvgIpc) is 2.73. The zero-order chi connectivity index (χ0) is 19.9. The van der Waals surface area contributed by atoms with Crippen LogP contribution < -0.4 is 9.47 Å². The van der Waals surface area contributed by atoms with Gasteiger partial charge in [0, 0.05) is 11.1 Å². The molecule has 0 aliphatic carbocycles. The van der Waals surface area contributed by atoms with Crippen molar-refractivity contribution in [3.8, 4) is 11.5 Å². The van der Waals surface area contributed by atoms with Crippen molar-refractivity contribution < 1.29 is 23.5 Å². The van der Waals surface area contributed by atoms with Gasteiger partial charge in [-0.3, -0.25) is 4.79 Å². The highest BCUT2D eigenvalue weighted by atomic mass is 19.1. The minimum Gasteiger partial charge on any atom is -0.497 e. The van der Waals surface area contributed by atoms with Crippen LogP contribution in [0.4, 0.5) is 4.39 Å². The van der Waals surface area contributed by atoms with Gasteiger partial charge in [-0.2, -0.15) is 0 Å². The van der Waals surface area contributed by atoms with Gasteiger partial charge in [-0.1, -0.05) is 18.2 Å². The molecule has 0 N–H and O–H groups in total. The van der Waals surface area contributed by atoms with E-state index in [1.54, 1.807) is 61.7 Å². The van der Waals surface area contributed by atoms with E-state index in [0.717, 1.165) is 0 Å². The molecule has 0 heterocycles.